The number of hydrogen-bond donors (Lipinski definition) is 2. The molecule has 1 atom stereocenters. The fraction of sp³-hybridized carbons (Fsp3) is 0.143. The number of nitrogens with two attached hydrogens (primary N) is 1. The van der Waals surface area contributed by atoms with Crippen LogP contribution < -0.4 is 11.1 Å². The van der Waals surface area contributed by atoms with E-state index in [4.69, 9.17) is 10.2 Å². The molecular weight excluding hydrogens is 438 g/mol. The number of fused-ring (bicyclic) bond motifs is 1. The third-order valence-electron chi connectivity index (χ3n) is 6.01. The van der Waals surface area contributed by atoms with Crippen LogP contribution in [0.25, 0.3) is 33.4 Å². The van der Waals surface area contributed by atoms with Crippen LogP contribution in [0.2, 0.25) is 0 Å². The Morgan fingerprint density at radius 1 is 0.971 bits per heavy atom. The van der Waals surface area contributed by atoms with Gasteiger partial charge in [0.1, 0.15) is 17.2 Å². The van der Waals surface area contributed by atoms with Crippen molar-refractivity contribution in [3.63, 3.8) is 0 Å². The molecule has 35 heavy (non-hydrogen) atoms. The van der Waals surface area contributed by atoms with Crippen LogP contribution in [0.3, 0.4) is 0 Å². The number of hydrogen-bond acceptors (Lipinski definition) is 6. The number of anilines is 1. The highest BCUT2D eigenvalue weighted by molar-refractivity contribution is 5.93. The van der Waals surface area contributed by atoms with Crippen LogP contribution in [-0.4, -0.2) is 20.9 Å². The second-order valence-corrected chi connectivity index (χ2v) is 8.63. The monoisotopic (exact) mass is 463 g/mol. The summed E-state index contributed by atoms with van der Waals surface area (Å²) in [5.41, 5.74) is 12.5. The van der Waals surface area contributed by atoms with E-state index in [2.05, 4.69) is 45.4 Å². The lowest BCUT2D eigenvalue weighted by atomic mass is 10.00. The van der Waals surface area contributed by atoms with E-state index in [-0.39, 0.29) is 6.04 Å². The molecule has 5 aromatic rings. The van der Waals surface area contributed by atoms with Crippen molar-refractivity contribution in [2.75, 3.05) is 5.32 Å². The molecule has 0 spiro atoms. The first kappa shape index (κ1) is 22.3. The van der Waals surface area contributed by atoms with Crippen LogP contribution in [0.5, 0.6) is 0 Å². The van der Waals surface area contributed by atoms with Gasteiger partial charge in [0.15, 0.2) is 0 Å². The molecule has 174 valence electrons. The summed E-state index contributed by atoms with van der Waals surface area (Å²) in [6.45, 7) is 6.00. The smallest absolute Gasteiger partial charge is 0.250 e. The lowest BCUT2D eigenvalue weighted by Gasteiger charge is -2.17. The van der Waals surface area contributed by atoms with Crippen LogP contribution in [0.1, 0.15) is 40.3 Å². The van der Waals surface area contributed by atoms with Crippen molar-refractivity contribution in [2.24, 2.45) is 5.73 Å². The molecule has 0 aliphatic carbocycles. The molecule has 0 bridgehead atoms. The lowest BCUT2D eigenvalue weighted by Crippen LogP contribution is -2.11. The second-order valence-electron chi connectivity index (χ2n) is 8.63. The largest absolute Gasteiger partial charge is 0.464 e. The average Bonchev–Trinajstić information content (AvgIpc) is 3.24. The zero-order valence-corrected chi connectivity index (χ0v) is 19.7. The highest BCUT2D eigenvalue weighted by Gasteiger charge is 2.12. The summed E-state index contributed by atoms with van der Waals surface area (Å²) in [5.74, 6) is 0.929. The average molecular weight is 464 g/mol. The minimum Gasteiger partial charge on any atom is -0.464 e. The van der Waals surface area contributed by atoms with E-state index in [0.29, 0.717) is 11.4 Å². The van der Waals surface area contributed by atoms with Crippen LogP contribution in [-0.2, 0) is 0 Å². The summed E-state index contributed by atoms with van der Waals surface area (Å²) >= 11 is 0. The highest BCUT2D eigenvalue weighted by atomic mass is 16.3. The molecule has 0 fully saturated rings. The van der Waals surface area contributed by atoms with Gasteiger partial charge in [0.2, 0.25) is 5.91 Å². The molecule has 5 rings (SSSR count). The number of primary amides is 1. The van der Waals surface area contributed by atoms with Gasteiger partial charge in [0.05, 0.1) is 17.5 Å². The van der Waals surface area contributed by atoms with Crippen molar-refractivity contribution >= 4 is 22.7 Å². The number of nitrogens with zero attached hydrogens (tertiary/aromatic N) is 3. The van der Waals surface area contributed by atoms with Gasteiger partial charge >= 0.3 is 0 Å². The molecule has 0 saturated heterocycles. The van der Waals surface area contributed by atoms with Crippen molar-refractivity contribution < 1.29 is 9.21 Å². The van der Waals surface area contributed by atoms with Crippen LogP contribution in [0, 0.1) is 13.8 Å². The maximum Gasteiger partial charge on any atom is 0.250 e. The number of benzene rings is 2. The van der Waals surface area contributed by atoms with Crippen molar-refractivity contribution in [3.8, 4) is 22.4 Å². The topological polar surface area (TPSA) is 107 Å². The Labute approximate surface area is 203 Å². The molecule has 1 amide bonds. The Hall–Kier alpha value is -4.52. The Morgan fingerprint density at radius 3 is 2.66 bits per heavy atom. The summed E-state index contributed by atoms with van der Waals surface area (Å²) < 4.78 is 5.58. The van der Waals surface area contributed by atoms with Crippen molar-refractivity contribution in [1.82, 2.24) is 15.0 Å². The maximum atomic E-state index is 11.5. The number of pyridine rings is 1. The predicted molar refractivity (Wildman–Crippen MR) is 137 cm³/mol. The fourth-order valence-electron chi connectivity index (χ4n) is 4.13. The number of nitrogens with one attached hydrogen (secondary N) is 1. The van der Waals surface area contributed by atoms with Gasteiger partial charge in [-0.3, -0.25) is 9.78 Å². The molecule has 0 aliphatic heterocycles. The Bertz CT molecular complexity index is 1560. The Balaban J connectivity index is 1.42. The number of amides is 1. The third kappa shape index (κ3) is 4.61. The zero-order valence-electron chi connectivity index (χ0n) is 19.7. The summed E-state index contributed by atoms with van der Waals surface area (Å²) in [6.07, 6.45) is 4.96. The van der Waals surface area contributed by atoms with Gasteiger partial charge < -0.3 is 15.5 Å². The van der Waals surface area contributed by atoms with E-state index in [1.54, 1.807) is 18.5 Å². The van der Waals surface area contributed by atoms with Gasteiger partial charge in [0.25, 0.3) is 0 Å². The fourth-order valence-corrected chi connectivity index (χ4v) is 4.13. The van der Waals surface area contributed by atoms with E-state index in [1.807, 2.05) is 44.2 Å². The van der Waals surface area contributed by atoms with Crippen molar-refractivity contribution in [1.29, 1.82) is 0 Å². The summed E-state index contributed by atoms with van der Waals surface area (Å²) in [6, 6.07) is 17.9. The highest BCUT2D eigenvalue weighted by Crippen LogP contribution is 2.29. The second kappa shape index (κ2) is 9.02. The number of aryl methyl sites for hydroxylation is 2. The van der Waals surface area contributed by atoms with Crippen molar-refractivity contribution in [2.45, 2.75) is 26.8 Å². The van der Waals surface area contributed by atoms with Crippen LogP contribution in [0.15, 0.2) is 77.7 Å². The molecule has 3 N–H and O–H groups in total. The molecule has 0 radical (unpaired) electrons. The van der Waals surface area contributed by atoms with Gasteiger partial charge in [-0.15, -0.1) is 0 Å². The summed E-state index contributed by atoms with van der Waals surface area (Å²) in [4.78, 5) is 25.0. The number of carbonyl (C=O) groups excluding carboxylic acids is 1. The number of aromatic nitrogens is 3. The Kier molecular flexibility index (Phi) is 5.74. The summed E-state index contributed by atoms with van der Waals surface area (Å²) in [7, 11) is 0. The van der Waals surface area contributed by atoms with E-state index >= 15 is 0 Å². The van der Waals surface area contributed by atoms with Gasteiger partial charge in [-0.05, 0) is 67.8 Å². The normalized spacial score (nSPS) is 12.0. The van der Waals surface area contributed by atoms with Crippen molar-refractivity contribution in [3.05, 3.63) is 95.8 Å². The summed E-state index contributed by atoms with van der Waals surface area (Å²) in [5, 5.41) is 4.58. The molecule has 3 heterocycles. The first-order valence-electron chi connectivity index (χ1n) is 11.3. The lowest BCUT2D eigenvalue weighted by molar-refractivity contribution is 0.1000. The number of carbonyl (C=O) groups is 1. The van der Waals surface area contributed by atoms with Gasteiger partial charge in [0, 0.05) is 41.0 Å². The molecule has 0 saturated carbocycles. The van der Waals surface area contributed by atoms with Crippen LogP contribution in [0.4, 0.5) is 5.82 Å². The van der Waals surface area contributed by atoms with E-state index < -0.39 is 5.91 Å². The molecule has 3 aromatic heterocycles. The minimum atomic E-state index is -0.498. The molecule has 7 nitrogen and oxygen atoms in total. The standard InChI is InChI=1S/C28H25N5O2/c1-16-15-35-26-8-7-21(11-24(16)26)25-12-27(33-18(3)32-25)31-17(2)19-5-4-6-20(9-19)22-10-23(28(29)34)14-30-13-22/h4-15,17H,1-3H3,(H2,29,34)(H,31,32,33). The number of rotatable bonds is 6. The SMILES string of the molecule is Cc1nc(NC(C)c2cccc(-c3cncc(C(N)=O)c3)c2)cc(-c2ccc3occ(C)c3c2)n1. The van der Waals surface area contributed by atoms with Gasteiger partial charge in [-0.2, -0.15) is 0 Å². The zero-order chi connectivity index (χ0) is 24.5. The maximum absolute atomic E-state index is 11.5. The van der Waals surface area contributed by atoms with E-state index in [9.17, 15) is 4.79 Å². The third-order valence-corrected chi connectivity index (χ3v) is 6.01. The molecule has 0 aliphatic rings. The molecular formula is C28H25N5O2. The van der Waals surface area contributed by atoms with Gasteiger partial charge in [-0.1, -0.05) is 18.2 Å². The molecule has 2 aromatic carbocycles. The first-order valence-corrected chi connectivity index (χ1v) is 11.3. The molecule has 7 heteroatoms. The first-order chi connectivity index (χ1) is 16.9. The quantitative estimate of drug-likeness (QED) is 0.328. The number of furan rings is 1. The predicted octanol–water partition coefficient (Wildman–Crippen LogP) is 5.84. The van der Waals surface area contributed by atoms with E-state index in [1.165, 1.54) is 6.20 Å². The minimum absolute atomic E-state index is 0.0250. The van der Waals surface area contributed by atoms with E-state index in [0.717, 1.165) is 50.3 Å². The van der Waals surface area contributed by atoms with Crippen LogP contribution >= 0.6 is 0 Å². The Morgan fingerprint density at radius 2 is 1.83 bits per heavy atom. The molecule has 1 unspecified atom stereocenters. The van der Waals surface area contributed by atoms with Gasteiger partial charge in [-0.25, -0.2) is 9.97 Å².